The summed E-state index contributed by atoms with van der Waals surface area (Å²) in [6.07, 6.45) is 1.40. The van der Waals surface area contributed by atoms with Gasteiger partial charge in [0.15, 0.2) is 0 Å². The Labute approximate surface area is 115 Å². The van der Waals surface area contributed by atoms with Gasteiger partial charge < -0.3 is 4.74 Å². The number of benzene rings is 1. The molecule has 2 rings (SSSR count). The predicted octanol–water partition coefficient (Wildman–Crippen LogP) is 5.08. The van der Waals surface area contributed by atoms with Crippen LogP contribution in [-0.2, 0) is 0 Å². The lowest BCUT2D eigenvalue weighted by Gasteiger charge is -2.06. The predicted molar refractivity (Wildman–Crippen MR) is 68.4 cm³/mol. The van der Waals surface area contributed by atoms with Crippen molar-refractivity contribution in [2.24, 2.45) is 0 Å². The third-order valence-electron chi connectivity index (χ3n) is 1.88. The Balaban J connectivity index is 2.28. The van der Waals surface area contributed by atoms with E-state index in [1.807, 2.05) is 0 Å². The van der Waals surface area contributed by atoms with Crippen molar-refractivity contribution in [2.75, 3.05) is 0 Å². The molecule has 0 aliphatic carbocycles. The molecule has 0 atom stereocenters. The maximum Gasteiger partial charge on any atom is 0.238 e. The number of nitrogens with zero attached hydrogens (tertiary/aromatic N) is 1. The highest BCUT2D eigenvalue weighted by Crippen LogP contribution is 2.30. The number of hydrogen-bond donors (Lipinski definition) is 0. The summed E-state index contributed by atoms with van der Waals surface area (Å²) in [5.41, 5.74) is 0. The standard InChI is InChI=1S/C11H5BrCl2FNO/c12-8-2-1-7(4-10(8)15)17-11-9(14)3-6(13)5-16-11/h1-5H. The Morgan fingerprint density at radius 3 is 2.65 bits per heavy atom. The summed E-state index contributed by atoms with van der Waals surface area (Å²) >= 11 is 14.6. The first-order chi connectivity index (χ1) is 8.06. The van der Waals surface area contributed by atoms with Gasteiger partial charge in [0.1, 0.15) is 16.6 Å². The lowest BCUT2D eigenvalue weighted by Crippen LogP contribution is -1.90. The number of pyridine rings is 1. The summed E-state index contributed by atoms with van der Waals surface area (Å²) in [7, 11) is 0. The summed E-state index contributed by atoms with van der Waals surface area (Å²) in [5.74, 6) is 0.0628. The maximum atomic E-state index is 13.2. The molecule has 0 aliphatic heterocycles. The Kier molecular flexibility index (Phi) is 3.86. The highest BCUT2D eigenvalue weighted by Gasteiger charge is 2.07. The van der Waals surface area contributed by atoms with Crippen molar-refractivity contribution >= 4 is 39.1 Å². The second-order valence-electron chi connectivity index (χ2n) is 3.12. The summed E-state index contributed by atoms with van der Waals surface area (Å²) < 4.78 is 18.9. The monoisotopic (exact) mass is 335 g/mol. The molecule has 0 saturated heterocycles. The van der Waals surface area contributed by atoms with Crippen molar-refractivity contribution < 1.29 is 9.13 Å². The van der Waals surface area contributed by atoms with Crippen molar-refractivity contribution in [1.29, 1.82) is 0 Å². The van der Waals surface area contributed by atoms with E-state index in [1.165, 1.54) is 24.4 Å². The zero-order valence-electron chi connectivity index (χ0n) is 8.25. The van der Waals surface area contributed by atoms with E-state index in [-0.39, 0.29) is 10.9 Å². The van der Waals surface area contributed by atoms with Gasteiger partial charge in [-0.2, -0.15) is 0 Å². The van der Waals surface area contributed by atoms with Gasteiger partial charge in [-0.1, -0.05) is 23.2 Å². The van der Waals surface area contributed by atoms with E-state index >= 15 is 0 Å². The van der Waals surface area contributed by atoms with Gasteiger partial charge in [-0.3, -0.25) is 0 Å². The first kappa shape index (κ1) is 12.6. The van der Waals surface area contributed by atoms with E-state index in [2.05, 4.69) is 20.9 Å². The SMILES string of the molecule is Fc1cc(Oc2ncc(Cl)cc2Cl)ccc1Br. The van der Waals surface area contributed by atoms with Crippen LogP contribution in [0.15, 0.2) is 34.9 Å². The Hall–Kier alpha value is -0.840. The van der Waals surface area contributed by atoms with Crippen LogP contribution < -0.4 is 4.74 Å². The average Bonchev–Trinajstić information content (AvgIpc) is 2.27. The van der Waals surface area contributed by atoms with Crippen molar-refractivity contribution in [3.8, 4) is 11.6 Å². The lowest BCUT2D eigenvalue weighted by molar-refractivity contribution is 0.458. The molecular formula is C11H5BrCl2FNO. The van der Waals surface area contributed by atoms with Crippen LogP contribution in [-0.4, -0.2) is 4.98 Å². The molecule has 0 saturated carbocycles. The molecule has 6 heteroatoms. The minimum absolute atomic E-state index is 0.179. The zero-order valence-corrected chi connectivity index (χ0v) is 11.4. The minimum Gasteiger partial charge on any atom is -0.437 e. The first-order valence-electron chi connectivity index (χ1n) is 4.50. The van der Waals surface area contributed by atoms with Crippen LogP contribution >= 0.6 is 39.1 Å². The lowest BCUT2D eigenvalue weighted by atomic mass is 10.3. The number of hydrogen-bond acceptors (Lipinski definition) is 2. The van der Waals surface area contributed by atoms with E-state index in [0.717, 1.165) is 0 Å². The van der Waals surface area contributed by atoms with Gasteiger partial charge in [0.25, 0.3) is 0 Å². The van der Waals surface area contributed by atoms with Crippen molar-refractivity contribution in [3.05, 3.63) is 50.8 Å². The Bertz CT molecular complexity index is 565. The second kappa shape index (κ2) is 5.21. The molecule has 0 unspecified atom stereocenters. The molecule has 2 aromatic rings. The van der Waals surface area contributed by atoms with Gasteiger partial charge in [-0.25, -0.2) is 9.37 Å². The fraction of sp³-hybridized carbons (Fsp3) is 0. The summed E-state index contributed by atoms with van der Waals surface area (Å²) in [4.78, 5) is 3.90. The molecule has 17 heavy (non-hydrogen) atoms. The van der Waals surface area contributed by atoms with Crippen molar-refractivity contribution in [1.82, 2.24) is 4.98 Å². The quantitative estimate of drug-likeness (QED) is 0.762. The van der Waals surface area contributed by atoms with Crippen LogP contribution in [0.4, 0.5) is 4.39 Å². The molecule has 0 fully saturated rings. The topological polar surface area (TPSA) is 22.1 Å². The fourth-order valence-electron chi connectivity index (χ4n) is 1.13. The van der Waals surface area contributed by atoms with Gasteiger partial charge >= 0.3 is 0 Å². The minimum atomic E-state index is -0.424. The normalized spacial score (nSPS) is 10.4. The summed E-state index contributed by atoms with van der Waals surface area (Å²) in [6.45, 7) is 0. The van der Waals surface area contributed by atoms with Gasteiger partial charge in [-0.05, 0) is 34.1 Å². The van der Waals surface area contributed by atoms with Crippen LogP contribution in [0, 0.1) is 5.82 Å². The third kappa shape index (κ3) is 3.09. The zero-order chi connectivity index (χ0) is 12.4. The van der Waals surface area contributed by atoms with E-state index in [4.69, 9.17) is 27.9 Å². The molecule has 88 valence electrons. The number of rotatable bonds is 2. The molecule has 0 spiro atoms. The molecule has 1 heterocycles. The highest BCUT2D eigenvalue weighted by atomic mass is 79.9. The van der Waals surface area contributed by atoms with Crippen molar-refractivity contribution in [3.63, 3.8) is 0 Å². The van der Waals surface area contributed by atoms with Gasteiger partial charge in [0, 0.05) is 12.3 Å². The number of ether oxygens (including phenoxy) is 1. The van der Waals surface area contributed by atoms with E-state index in [9.17, 15) is 4.39 Å². The van der Waals surface area contributed by atoms with Crippen LogP contribution in [0.2, 0.25) is 10.0 Å². The van der Waals surface area contributed by atoms with Gasteiger partial charge in [0.2, 0.25) is 5.88 Å². The second-order valence-corrected chi connectivity index (χ2v) is 4.82. The fourth-order valence-corrected chi connectivity index (χ4v) is 1.79. The van der Waals surface area contributed by atoms with E-state index in [1.54, 1.807) is 6.07 Å². The molecule has 0 bridgehead atoms. The third-order valence-corrected chi connectivity index (χ3v) is 3.00. The maximum absolute atomic E-state index is 13.2. The van der Waals surface area contributed by atoms with Crippen LogP contribution in [0.3, 0.4) is 0 Å². The molecule has 0 aliphatic rings. The van der Waals surface area contributed by atoms with E-state index in [0.29, 0.717) is 15.2 Å². The molecular weight excluding hydrogens is 332 g/mol. The molecule has 1 aromatic carbocycles. The molecule has 0 N–H and O–H groups in total. The van der Waals surface area contributed by atoms with Crippen LogP contribution in [0.5, 0.6) is 11.6 Å². The summed E-state index contributed by atoms with van der Waals surface area (Å²) in [6, 6.07) is 5.87. The van der Waals surface area contributed by atoms with E-state index < -0.39 is 5.82 Å². The number of aromatic nitrogens is 1. The molecule has 0 radical (unpaired) electrons. The Morgan fingerprint density at radius 2 is 2.00 bits per heavy atom. The Morgan fingerprint density at radius 1 is 1.24 bits per heavy atom. The van der Waals surface area contributed by atoms with Crippen molar-refractivity contribution in [2.45, 2.75) is 0 Å². The smallest absolute Gasteiger partial charge is 0.238 e. The van der Waals surface area contributed by atoms with Gasteiger partial charge in [0.05, 0.1) is 9.50 Å². The largest absolute Gasteiger partial charge is 0.437 e. The highest BCUT2D eigenvalue weighted by molar-refractivity contribution is 9.10. The van der Waals surface area contributed by atoms with Crippen LogP contribution in [0.1, 0.15) is 0 Å². The average molecular weight is 337 g/mol. The van der Waals surface area contributed by atoms with Gasteiger partial charge in [-0.15, -0.1) is 0 Å². The molecule has 2 nitrogen and oxygen atoms in total. The first-order valence-corrected chi connectivity index (χ1v) is 6.05. The van der Waals surface area contributed by atoms with Crippen LogP contribution in [0.25, 0.3) is 0 Å². The molecule has 1 aromatic heterocycles. The summed E-state index contributed by atoms with van der Waals surface area (Å²) in [5, 5.41) is 0.671. The number of halogens is 4. The molecule has 0 amide bonds.